The first kappa shape index (κ1) is 31.9. The van der Waals surface area contributed by atoms with Crippen LogP contribution in [0, 0.1) is 5.41 Å². The van der Waals surface area contributed by atoms with Crippen LogP contribution < -0.4 is 16.0 Å². The van der Waals surface area contributed by atoms with Crippen LogP contribution in [-0.2, 0) is 20.7 Å². The van der Waals surface area contributed by atoms with Crippen LogP contribution in [0.25, 0.3) is 5.57 Å². The Labute approximate surface area is 249 Å². The first-order valence-electron chi connectivity index (χ1n) is 14.4. The van der Waals surface area contributed by atoms with E-state index < -0.39 is 30.6 Å². The number of hydrogen-bond acceptors (Lipinski definition) is 8. The molecule has 0 radical (unpaired) electrons. The van der Waals surface area contributed by atoms with Crippen molar-refractivity contribution >= 4 is 35.4 Å². The second-order valence-electron chi connectivity index (χ2n) is 11.7. The highest BCUT2D eigenvalue weighted by Crippen LogP contribution is 2.38. The highest BCUT2D eigenvalue weighted by molar-refractivity contribution is 6.12. The van der Waals surface area contributed by atoms with E-state index in [4.69, 9.17) is 20.3 Å². The number of alkyl halides is 2. The van der Waals surface area contributed by atoms with Crippen LogP contribution in [-0.4, -0.2) is 78.6 Å². The van der Waals surface area contributed by atoms with Crippen LogP contribution in [0.1, 0.15) is 69.6 Å². The molecule has 3 aliphatic heterocycles. The lowest BCUT2D eigenvalue weighted by Crippen LogP contribution is -2.44. The third kappa shape index (κ3) is 7.70. The lowest BCUT2D eigenvalue weighted by Gasteiger charge is -2.35. The third-order valence-electron chi connectivity index (χ3n) is 7.40. The minimum absolute atomic E-state index is 0.0180. The second kappa shape index (κ2) is 13.5. The number of aliphatic imine (C=N–C) groups is 1. The van der Waals surface area contributed by atoms with Crippen LogP contribution in [0.2, 0.25) is 0 Å². The molecule has 1 amide bonds. The number of carbonyl (C=O) groups excluding carboxylic acids is 1. The number of nitrogens with zero attached hydrogens (tertiary/aromatic N) is 3. The smallest absolute Gasteiger partial charge is 0.414 e. The van der Waals surface area contributed by atoms with Gasteiger partial charge in [0.2, 0.25) is 0 Å². The Bertz CT molecular complexity index is 1330. The normalized spacial score (nSPS) is 18.4. The molecule has 1 saturated heterocycles. The van der Waals surface area contributed by atoms with E-state index in [0.29, 0.717) is 57.0 Å². The molecular weight excluding hydrogens is 562 g/mol. The predicted molar refractivity (Wildman–Crippen MR) is 160 cm³/mol. The summed E-state index contributed by atoms with van der Waals surface area (Å²) in [6.45, 7) is 6.75. The average molecular weight is 603 g/mol. The van der Waals surface area contributed by atoms with Crippen LogP contribution in [0.3, 0.4) is 0 Å². The first-order valence-corrected chi connectivity index (χ1v) is 14.4. The van der Waals surface area contributed by atoms with E-state index in [1.807, 2.05) is 0 Å². The largest absolute Gasteiger partial charge is 0.480 e. The highest BCUT2D eigenvalue weighted by atomic mass is 19.3. The lowest BCUT2D eigenvalue weighted by molar-refractivity contribution is -0.135. The van der Waals surface area contributed by atoms with Gasteiger partial charge >= 0.3 is 12.1 Å². The van der Waals surface area contributed by atoms with Gasteiger partial charge in [-0.2, -0.15) is 0 Å². The standard InChI is InChI=1S/C30H40F2N6O5/c1-30(2,3)43-29(41)38-10-6-23(36-20-7-11-42-12-8-20)26(38)28(34)37-9-4-5-18-13-21(22(27(31)32)14-24(18)37)19(15-33)16-35-17-25(39)40/h13-16,20,27,34,36H,4-12,17,33H2,1-3H3,(H,39,40). The number of nitrogens with one attached hydrogen (secondary N) is 2. The summed E-state index contributed by atoms with van der Waals surface area (Å²) in [6, 6.07) is 3.09. The van der Waals surface area contributed by atoms with E-state index in [9.17, 15) is 23.8 Å². The van der Waals surface area contributed by atoms with Gasteiger partial charge < -0.3 is 30.5 Å². The zero-order valence-electron chi connectivity index (χ0n) is 24.8. The van der Waals surface area contributed by atoms with Crippen molar-refractivity contribution < 1.29 is 33.0 Å². The summed E-state index contributed by atoms with van der Waals surface area (Å²) < 4.78 is 40.0. The molecule has 0 spiro atoms. The molecule has 1 aromatic carbocycles. The number of amidine groups is 1. The fourth-order valence-electron chi connectivity index (χ4n) is 5.48. The van der Waals surface area contributed by atoms with E-state index in [1.54, 1.807) is 31.7 Å². The Morgan fingerprint density at radius 1 is 1.23 bits per heavy atom. The lowest BCUT2D eigenvalue weighted by atomic mass is 9.92. The number of nitrogens with two attached hydrogens (primary N) is 1. The van der Waals surface area contributed by atoms with Gasteiger partial charge in [-0.25, -0.2) is 13.6 Å². The van der Waals surface area contributed by atoms with Gasteiger partial charge in [0.15, 0.2) is 5.84 Å². The molecule has 11 nitrogen and oxygen atoms in total. The summed E-state index contributed by atoms with van der Waals surface area (Å²) in [5.74, 6) is -1.14. The molecule has 0 atom stereocenters. The summed E-state index contributed by atoms with van der Waals surface area (Å²) in [5.41, 5.74) is 7.29. The van der Waals surface area contributed by atoms with Crippen molar-refractivity contribution in [3.8, 4) is 0 Å². The van der Waals surface area contributed by atoms with Crippen molar-refractivity contribution in [1.29, 1.82) is 5.41 Å². The van der Waals surface area contributed by atoms with Crippen molar-refractivity contribution in [3.05, 3.63) is 46.4 Å². The minimum Gasteiger partial charge on any atom is -0.480 e. The molecule has 3 aliphatic rings. The average Bonchev–Trinajstić information content (AvgIpc) is 3.37. The van der Waals surface area contributed by atoms with E-state index in [2.05, 4.69) is 10.3 Å². The molecular formula is C30H40F2N6O5. The molecule has 43 heavy (non-hydrogen) atoms. The van der Waals surface area contributed by atoms with E-state index >= 15 is 0 Å². The van der Waals surface area contributed by atoms with Crippen molar-refractivity contribution in [2.24, 2.45) is 10.7 Å². The number of aliphatic carboxylic acids is 1. The van der Waals surface area contributed by atoms with E-state index in [1.165, 1.54) is 17.2 Å². The molecule has 0 saturated carbocycles. The minimum atomic E-state index is -2.88. The number of aryl methyl sites for hydroxylation is 1. The van der Waals surface area contributed by atoms with E-state index in [-0.39, 0.29) is 28.6 Å². The van der Waals surface area contributed by atoms with Gasteiger partial charge in [0.25, 0.3) is 6.43 Å². The van der Waals surface area contributed by atoms with Gasteiger partial charge in [-0.05, 0) is 69.7 Å². The summed E-state index contributed by atoms with van der Waals surface area (Å²) in [4.78, 5) is 31.1. The number of anilines is 1. The predicted octanol–water partition coefficient (Wildman–Crippen LogP) is 4.43. The number of fused-ring (bicyclic) bond motifs is 1. The Balaban J connectivity index is 1.74. The number of carboxylic acids is 1. The molecule has 4 rings (SSSR count). The topological polar surface area (TPSA) is 154 Å². The second-order valence-corrected chi connectivity index (χ2v) is 11.7. The van der Waals surface area contributed by atoms with Gasteiger partial charge in [0, 0.05) is 73.7 Å². The van der Waals surface area contributed by atoms with Crippen molar-refractivity contribution in [2.75, 3.05) is 37.7 Å². The van der Waals surface area contributed by atoms with Crippen molar-refractivity contribution in [1.82, 2.24) is 10.2 Å². The highest BCUT2D eigenvalue weighted by Gasteiger charge is 2.37. The number of ether oxygens (including phenoxy) is 2. The molecule has 0 bridgehead atoms. The molecule has 1 aromatic rings. The number of hydrogen-bond donors (Lipinski definition) is 4. The molecule has 0 aromatic heterocycles. The molecule has 5 N–H and O–H groups in total. The number of halogens is 2. The molecule has 1 fully saturated rings. The molecule has 0 unspecified atom stereocenters. The Hall–Kier alpha value is -4.00. The number of amides is 1. The SMILES string of the molecule is CC(C)(C)OC(=O)N1CCC(NC2CCOCC2)=C1C(=N)N1CCCc2cc(C(C=NCC(=O)O)=CN)c(C(F)F)cc21. The number of rotatable bonds is 8. The van der Waals surface area contributed by atoms with Crippen LogP contribution in [0.4, 0.5) is 19.3 Å². The quantitative estimate of drug-likeness (QED) is 0.252. The molecule has 3 heterocycles. The van der Waals surface area contributed by atoms with Crippen LogP contribution >= 0.6 is 0 Å². The zero-order valence-corrected chi connectivity index (χ0v) is 24.8. The number of carboxylic acid groups (broad SMARTS) is 1. The van der Waals surface area contributed by atoms with Crippen LogP contribution in [0.15, 0.2) is 34.7 Å². The van der Waals surface area contributed by atoms with Crippen molar-refractivity contribution in [3.63, 3.8) is 0 Å². The maximum atomic E-state index is 14.4. The fraction of sp³-hybridized carbons (Fsp3) is 0.533. The number of allylic oxidation sites excluding steroid dienone is 1. The monoisotopic (exact) mass is 602 g/mol. The van der Waals surface area contributed by atoms with Crippen LogP contribution in [0.5, 0.6) is 0 Å². The molecule has 13 heteroatoms. The first-order chi connectivity index (χ1) is 20.4. The summed E-state index contributed by atoms with van der Waals surface area (Å²) in [6.07, 6.45) is 2.13. The van der Waals surface area contributed by atoms with Crippen molar-refractivity contribution in [2.45, 2.75) is 70.9 Å². The Morgan fingerprint density at radius 3 is 2.58 bits per heavy atom. The summed E-state index contributed by atoms with van der Waals surface area (Å²) in [5, 5.41) is 21.8. The van der Waals surface area contributed by atoms with E-state index in [0.717, 1.165) is 30.3 Å². The zero-order chi connectivity index (χ0) is 31.3. The Kier molecular flexibility index (Phi) is 10.0. The van der Waals surface area contributed by atoms with Gasteiger partial charge in [-0.3, -0.25) is 20.1 Å². The van der Waals surface area contributed by atoms with Gasteiger partial charge in [0.1, 0.15) is 17.8 Å². The summed E-state index contributed by atoms with van der Waals surface area (Å²) >= 11 is 0. The van der Waals surface area contributed by atoms with Gasteiger partial charge in [0.05, 0.1) is 0 Å². The maximum Gasteiger partial charge on any atom is 0.414 e. The molecule has 0 aliphatic carbocycles. The molecule has 234 valence electrons. The fourth-order valence-corrected chi connectivity index (χ4v) is 5.48. The number of benzene rings is 1. The maximum absolute atomic E-state index is 14.4. The van der Waals surface area contributed by atoms with Gasteiger partial charge in [-0.15, -0.1) is 0 Å². The van der Waals surface area contributed by atoms with Gasteiger partial charge in [-0.1, -0.05) is 0 Å². The number of carbonyl (C=O) groups is 2. The Morgan fingerprint density at radius 2 is 1.95 bits per heavy atom. The summed E-state index contributed by atoms with van der Waals surface area (Å²) in [7, 11) is 0. The third-order valence-corrected chi connectivity index (χ3v) is 7.40.